The van der Waals surface area contributed by atoms with E-state index in [1.54, 1.807) is 28.5 Å². The molecule has 2 amide bonds. The predicted octanol–water partition coefficient (Wildman–Crippen LogP) is 3.50. The smallest absolute Gasteiger partial charge is 0.256 e. The van der Waals surface area contributed by atoms with Crippen LogP contribution < -0.4 is 9.80 Å². The van der Waals surface area contributed by atoms with Crippen molar-refractivity contribution in [2.24, 2.45) is 10.2 Å². The number of thioether (sulfide) groups is 1. The van der Waals surface area contributed by atoms with Gasteiger partial charge in [0.15, 0.2) is 0 Å². The van der Waals surface area contributed by atoms with Gasteiger partial charge in [0.25, 0.3) is 5.91 Å². The molecule has 1 aromatic rings. The van der Waals surface area contributed by atoms with E-state index < -0.39 is 6.10 Å². The van der Waals surface area contributed by atoms with Gasteiger partial charge < -0.3 is 14.5 Å². The first-order valence-electron chi connectivity index (χ1n) is 9.38. The molecule has 144 valence electrons. The molecule has 0 saturated carbocycles. The van der Waals surface area contributed by atoms with Crippen molar-refractivity contribution in [3.8, 4) is 0 Å². The van der Waals surface area contributed by atoms with Gasteiger partial charge in [0, 0.05) is 20.1 Å². The molecule has 3 aliphatic rings. The second kappa shape index (κ2) is 7.24. The Balaban J connectivity index is 1.74. The van der Waals surface area contributed by atoms with Crippen LogP contribution in [-0.4, -0.2) is 42.5 Å². The molecule has 27 heavy (non-hydrogen) atoms. The lowest BCUT2D eigenvalue weighted by molar-refractivity contribution is -0.127. The maximum atomic E-state index is 13.1. The van der Waals surface area contributed by atoms with Crippen LogP contribution in [0.4, 0.5) is 11.4 Å². The summed E-state index contributed by atoms with van der Waals surface area (Å²) >= 11 is 1.67. The van der Waals surface area contributed by atoms with Crippen LogP contribution in [0.1, 0.15) is 44.6 Å². The summed E-state index contributed by atoms with van der Waals surface area (Å²) in [7, 11) is 0. The molecule has 7 nitrogen and oxygen atoms in total. The summed E-state index contributed by atoms with van der Waals surface area (Å²) < 4.78 is 5.63. The Morgan fingerprint density at radius 1 is 1.22 bits per heavy atom. The number of hydrogen-bond acceptors (Lipinski definition) is 6. The molecule has 3 heterocycles. The molecule has 1 saturated heterocycles. The molecule has 0 N–H and O–H groups in total. The van der Waals surface area contributed by atoms with Crippen molar-refractivity contribution >= 4 is 35.0 Å². The average molecular weight is 388 g/mol. The van der Waals surface area contributed by atoms with E-state index in [1.165, 1.54) is 0 Å². The lowest BCUT2D eigenvalue weighted by Crippen LogP contribution is -2.53. The fraction of sp³-hybridized carbons (Fsp3) is 0.579. The Kier molecular flexibility index (Phi) is 4.94. The number of fused-ring (bicyclic) bond motifs is 1. The fourth-order valence-corrected chi connectivity index (χ4v) is 4.87. The Bertz CT molecular complexity index is 793. The number of carbonyl (C=O) groups excluding carboxylic acids is 2. The summed E-state index contributed by atoms with van der Waals surface area (Å²) in [5.74, 6) is -0.0423. The number of rotatable bonds is 2. The van der Waals surface area contributed by atoms with Crippen LogP contribution in [0.25, 0.3) is 0 Å². The van der Waals surface area contributed by atoms with Crippen molar-refractivity contribution in [1.29, 1.82) is 0 Å². The summed E-state index contributed by atoms with van der Waals surface area (Å²) in [4.78, 5) is 28.9. The van der Waals surface area contributed by atoms with Crippen molar-refractivity contribution in [2.45, 2.75) is 56.5 Å². The van der Waals surface area contributed by atoms with Crippen molar-refractivity contribution in [3.05, 3.63) is 23.8 Å². The first-order valence-corrected chi connectivity index (χ1v) is 10.3. The van der Waals surface area contributed by atoms with Gasteiger partial charge in [-0.2, -0.15) is 10.2 Å². The highest BCUT2D eigenvalue weighted by molar-refractivity contribution is 8.00. The molecule has 3 unspecified atom stereocenters. The van der Waals surface area contributed by atoms with E-state index in [0.717, 1.165) is 29.8 Å². The van der Waals surface area contributed by atoms with E-state index in [2.05, 4.69) is 10.2 Å². The number of nitrogens with zero attached hydrogens (tertiary/aromatic N) is 4. The van der Waals surface area contributed by atoms with E-state index in [0.29, 0.717) is 13.2 Å². The Morgan fingerprint density at radius 3 is 2.67 bits per heavy atom. The third kappa shape index (κ3) is 3.36. The number of benzene rings is 1. The molecule has 0 radical (unpaired) electrons. The molecule has 8 heteroatoms. The van der Waals surface area contributed by atoms with Crippen LogP contribution in [0, 0.1) is 0 Å². The van der Waals surface area contributed by atoms with Gasteiger partial charge in [0.1, 0.15) is 16.9 Å². The summed E-state index contributed by atoms with van der Waals surface area (Å²) in [6.45, 7) is 6.64. The number of ether oxygens (including phenoxy) is 1. The summed E-state index contributed by atoms with van der Waals surface area (Å²) in [5.41, 5.74) is 2.52. The summed E-state index contributed by atoms with van der Waals surface area (Å²) in [5, 5.41) is 8.59. The van der Waals surface area contributed by atoms with Crippen LogP contribution in [0.15, 0.2) is 28.4 Å². The Labute approximate surface area is 163 Å². The standard InChI is InChI=1S/C19H24N4O3S/c1-11-10-22(19(25)17-5-4-8-26-17)16-9-14(18-21-20-12(2)27-18)6-7-15(16)23(11)13(3)24/h6-7,9,11-12,17-18H,4-5,8,10H2,1-3H3/t11-,12?,17?,18?/m0/s1. The highest BCUT2D eigenvalue weighted by atomic mass is 32.2. The number of carbonyl (C=O) groups is 2. The van der Waals surface area contributed by atoms with Gasteiger partial charge in [-0.3, -0.25) is 9.59 Å². The molecule has 4 atom stereocenters. The number of amides is 2. The SMILES string of the molecule is CC(=O)N1c2ccc(C3N=NC(C)S3)cc2N(C(=O)C2CCCO2)C[C@@H]1C. The van der Waals surface area contributed by atoms with Crippen molar-refractivity contribution in [1.82, 2.24) is 0 Å². The van der Waals surface area contributed by atoms with Gasteiger partial charge in [-0.1, -0.05) is 17.8 Å². The molecular weight excluding hydrogens is 364 g/mol. The van der Waals surface area contributed by atoms with Crippen LogP contribution in [-0.2, 0) is 14.3 Å². The summed E-state index contributed by atoms with van der Waals surface area (Å²) in [6.07, 6.45) is 1.26. The Hall–Kier alpha value is -1.93. The van der Waals surface area contributed by atoms with E-state index >= 15 is 0 Å². The number of anilines is 2. The van der Waals surface area contributed by atoms with Gasteiger partial charge >= 0.3 is 0 Å². The zero-order valence-electron chi connectivity index (χ0n) is 15.8. The molecule has 0 spiro atoms. The van der Waals surface area contributed by atoms with Crippen molar-refractivity contribution in [2.75, 3.05) is 23.0 Å². The number of hydrogen-bond donors (Lipinski definition) is 0. The molecule has 1 fully saturated rings. The minimum absolute atomic E-state index is 0.0185. The average Bonchev–Trinajstić information content (AvgIpc) is 3.31. The molecule has 0 aliphatic carbocycles. The van der Waals surface area contributed by atoms with E-state index in [-0.39, 0.29) is 28.6 Å². The van der Waals surface area contributed by atoms with Crippen molar-refractivity contribution in [3.63, 3.8) is 0 Å². The van der Waals surface area contributed by atoms with Crippen molar-refractivity contribution < 1.29 is 14.3 Å². The summed E-state index contributed by atoms with van der Waals surface area (Å²) in [6, 6.07) is 5.80. The largest absolute Gasteiger partial charge is 0.368 e. The Morgan fingerprint density at radius 2 is 2.04 bits per heavy atom. The lowest BCUT2D eigenvalue weighted by Gasteiger charge is -2.41. The predicted molar refractivity (Wildman–Crippen MR) is 105 cm³/mol. The highest BCUT2D eigenvalue weighted by Crippen LogP contribution is 2.44. The van der Waals surface area contributed by atoms with E-state index in [4.69, 9.17) is 4.74 Å². The third-order valence-electron chi connectivity index (χ3n) is 5.19. The molecule has 3 aliphatic heterocycles. The first-order chi connectivity index (χ1) is 13.0. The van der Waals surface area contributed by atoms with Crippen LogP contribution in [0.2, 0.25) is 0 Å². The quantitative estimate of drug-likeness (QED) is 0.777. The van der Waals surface area contributed by atoms with Gasteiger partial charge in [0.05, 0.1) is 17.4 Å². The zero-order valence-corrected chi connectivity index (χ0v) is 16.6. The van der Waals surface area contributed by atoms with E-state index in [1.807, 2.05) is 32.0 Å². The molecule has 1 aromatic carbocycles. The fourth-order valence-electron chi connectivity index (χ4n) is 3.97. The minimum atomic E-state index is -0.391. The monoisotopic (exact) mass is 388 g/mol. The maximum Gasteiger partial charge on any atom is 0.256 e. The topological polar surface area (TPSA) is 74.6 Å². The van der Waals surface area contributed by atoms with Gasteiger partial charge in [-0.05, 0) is 44.4 Å². The molecular formula is C19H24N4O3S. The normalized spacial score (nSPS) is 29.9. The first kappa shape index (κ1) is 18.4. The minimum Gasteiger partial charge on any atom is -0.368 e. The lowest BCUT2D eigenvalue weighted by atomic mass is 10.0. The maximum absolute atomic E-state index is 13.1. The van der Waals surface area contributed by atoms with Crippen LogP contribution in [0.3, 0.4) is 0 Å². The zero-order chi connectivity index (χ0) is 19.1. The molecule has 4 rings (SSSR count). The molecule has 0 aromatic heterocycles. The second-order valence-corrected chi connectivity index (χ2v) is 8.66. The third-order valence-corrected chi connectivity index (χ3v) is 6.31. The molecule has 0 bridgehead atoms. The highest BCUT2D eigenvalue weighted by Gasteiger charge is 2.38. The van der Waals surface area contributed by atoms with Gasteiger partial charge in [-0.25, -0.2) is 0 Å². The number of azo groups is 1. The van der Waals surface area contributed by atoms with E-state index in [9.17, 15) is 9.59 Å². The second-order valence-electron chi connectivity index (χ2n) is 7.26. The van der Waals surface area contributed by atoms with Gasteiger partial charge in [-0.15, -0.1) is 0 Å². The van der Waals surface area contributed by atoms with Crippen LogP contribution >= 0.6 is 11.8 Å². The van der Waals surface area contributed by atoms with Crippen LogP contribution in [0.5, 0.6) is 0 Å². The van der Waals surface area contributed by atoms with Gasteiger partial charge in [0.2, 0.25) is 5.91 Å².